The molecule has 4 nitrogen and oxygen atoms in total. The van der Waals surface area contributed by atoms with Gasteiger partial charge >= 0.3 is 0 Å². The maximum Gasteiger partial charge on any atom is 0.180 e. The highest BCUT2D eigenvalue weighted by Crippen LogP contribution is 2.31. The molecule has 0 aliphatic rings. The summed E-state index contributed by atoms with van der Waals surface area (Å²) in [7, 11) is 1.89. The first-order valence-electron chi connectivity index (χ1n) is 6.93. The molecule has 21 heavy (non-hydrogen) atoms. The summed E-state index contributed by atoms with van der Waals surface area (Å²) >= 11 is 2.31. The van der Waals surface area contributed by atoms with Crippen molar-refractivity contribution in [3.8, 4) is 11.5 Å². The number of nitrogens with one attached hydrogen (secondary N) is 1. The van der Waals surface area contributed by atoms with Gasteiger partial charge in [0.1, 0.15) is 11.5 Å². The van der Waals surface area contributed by atoms with Crippen molar-refractivity contribution in [3.63, 3.8) is 0 Å². The van der Waals surface area contributed by atoms with Gasteiger partial charge in [0.05, 0.1) is 9.26 Å². The zero-order valence-corrected chi connectivity index (χ0v) is 15.5. The fourth-order valence-corrected chi connectivity index (χ4v) is 3.48. The average molecular weight is 396 g/mol. The Morgan fingerprint density at radius 2 is 1.81 bits per heavy atom. The summed E-state index contributed by atoms with van der Waals surface area (Å²) in [5.41, 5.74) is 4.08. The van der Waals surface area contributed by atoms with E-state index in [1.165, 1.54) is 0 Å². The SMILES string of the molecule is CNc1nc(-c2ncc(C)cc2C)nc(C(C)(C)C)c1I. The van der Waals surface area contributed by atoms with E-state index >= 15 is 0 Å². The Morgan fingerprint density at radius 1 is 1.14 bits per heavy atom. The molecule has 0 fully saturated rings. The predicted molar refractivity (Wildman–Crippen MR) is 95.7 cm³/mol. The molecule has 5 heteroatoms. The number of rotatable bonds is 2. The van der Waals surface area contributed by atoms with Crippen molar-refractivity contribution in [3.05, 3.63) is 32.7 Å². The van der Waals surface area contributed by atoms with Crippen LogP contribution in [-0.2, 0) is 5.41 Å². The van der Waals surface area contributed by atoms with Crippen LogP contribution in [0.4, 0.5) is 5.82 Å². The van der Waals surface area contributed by atoms with E-state index in [2.05, 4.69) is 64.7 Å². The van der Waals surface area contributed by atoms with Crippen LogP contribution in [0.15, 0.2) is 12.3 Å². The summed E-state index contributed by atoms with van der Waals surface area (Å²) in [6, 6.07) is 2.11. The van der Waals surface area contributed by atoms with E-state index < -0.39 is 0 Å². The molecule has 0 atom stereocenters. The fraction of sp³-hybridized carbons (Fsp3) is 0.438. The first-order chi connectivity index (χ1) is 9.74. The molecule has 2 aromatic rings. The van der Waals surface area contributed by atoms with Gasteiger partial charge in [0.15, 0.2) is 5.82 Å². The van der Waals surface area contributed by atoms with E-state index in [4.69, 9.17) is 4.98 Å². The van der Waals surface area contributed by atoms with Crippen LogP contribution in [0.5, 0.6) is 0 Å². The first-order valence-corrected chi connectivity index (χ1v) is 8.01. The second kappa shape index (κ2) is 5.87. The molecule has 2 aromatic heterocycles. The van der Waals surface area contributed by atoms with Crippen LogP contribution in [0.1, 0.15) is 37.6 Å². The van der Waals surface area contributed by atoms with Gasteiger partial charge in [-0.05, 0) is 47.6 Å². The third-order valence-electron chi connectivity index (χ3n) is 3.23. The second-order valence-electron chi connectivity index (χ2n) is 6.24. The van der Waals surface area contributed by atoms with Crippen LogP contribution in [0, 0.1) is 17.4 Å². The molecule has 0 saturated heterocycles. The number of nitrogens with zero attached hydrogens (tertiary/aromatic N) is 3. The van der Waals surface area contributed by atoms with Crippen molar-refractivity contribution in [2.24, 2.45) is 0 Å². The van der Waals surface area contributed by atoms with Crippen molar-refractivity contribution in [2.45, 2.75) is 40.0 Å². The Bertz CT molecular complexity index is 675. The molecular weight excluding hydrogens is 375 g/mol. The number of halogens is 1. The minimum atomic E-state index is -0.0432. The fourth-order valence-electron chi connectivity index (χ4n) is 2.17. The molecule has 0 aromatic carbocycles. The molecule has 2 heterocycles. The summed E-state index contributed by atoms with van der Waals surface area (Å²) in [6.07, 6.45) is 1.86. The lowest BCUT2D eigenvalue weighted by atomic mass is 9.91. The minimum Gasteiger partial charge on any atom is -0.372 e. The van der Waals surface area contributed by atoms with E-state index in [1.54, 1.807) is 0 Å². The quantitative estimate of drug-likeness (QED) is 0.777. The van der Waals surface area contributed by atoms with E-state index in [0.29, 0.717) is 5.82 Å². The van der Waals surface area contributed by atoms with Crippen LogP contribution in [0.2, 0.25) is 0 Å². The number of pyridine rings is 1. The standard InChI is InChI=1S/C16H21IN4/c1-9-7-10(2)12(19-8-9)15-20-13(16(3,4)5)11(17)14(18-6)21-15/h7-8H,1-6H3,(H,18,20,21). The van der Waals surface area contributed by atoms with Crippen LogP contribution in [0.25, 0.3) is 11.5 Å². The Labute approximate surface area is 140 Å². The normalized spacial score (nSPS) is 11.6. The molecule has 0 aliphatic heterocycles. The molecule has 0 unspecified atom stereocenters. The highest BCUT2D eigenvalue weighted by atomic mass is 127. The van der Waals surface area contributed by atoms with Crippen molar-refractivity contribution in [2.75, 3.05) is 12.4 Å². The molecule has 2 rings (SSSR count). The van der Waals surface area contributed by atoms with E-state index in [9.17, 15) is 0 Å². The topological polar surface area (TPSA) is 50.7 Å². The van der Waals surface area contributed by atoms with Gasteiger partial charge in [0.2, 0.25) is 0 Å². The smallest absolute Gasteiger partial charge is 0.180 e. The van der Waals surface area contributed by atoms with Crippen LogP contribution < -0.4 is 5.32 Å². The van der Waals surface area contributed by atoms with Crippen molar-refractivity contribution in [1.29, 1.82) is 0 Å². The van der Waals surface area contributed by atoms with Gasteiger partial charge in [-0.15, -0.1) is 0 Å². The van der Waals surface area contributed by atoms with Crippen molar-refractivity contribution < 1.29 is 0 Å². The monoisotopic (exact) mass is 396 g/mol. The Balaban J connectivity index is 2.70. The van der Waals surface area contributed by atoms with Gasteiger partial charge < -0.3 is 5.32 Å². The molecule has 112 valence electrons. The Kier molecular flexibility index (Phi) is 4.51. The Morgan fingerprint density at radius 3 is 2.33 bits per heavy atom. The number of aromatic nitrogens is 3. The summed E-state index contributed by atoms with van der Waals surface area (Å²) in [4.78, 5) is 13.9. The van der Waals surface area contributed by atoms with E-state index in [1.807, 2.05) is 27.1 Å². The molecule has 0 spiro atoms. The lowest BCUT2D eigenvalue weighted by Gasteiger charge is -2.21. The molecule has 0 aliphatic carbocycles. The summed E-state index contributed by atoms with van der Waals surface area (Å²) in [5, 5.41) is 3.16. The Hall–Kier alpha value is -1.24. The summed E-state index contributed by atoms with van der Waals surface area (Å²) in [6.45, 7) is 10.6. The number of aryl methyl sites for hydroxylation is 2. The highest BCUT2D eigenvalue weighted by Gasteiger charge is 2.24. The zero-order valence-electron chi connectivity index (χ0n) is 13.4. The van der Waals surface area contributed by atoms with Crippen LogP contribution >= 0.6 is 22.6 Å². The first kappa shape index (κ1) is 16.1. The van der Waals surface area contributed by atoms with E-state index in [0.717, 1.165) is 31.9 Å². The largest absolute Gasteiger partial charge is 0.372 e. The second-order valence-corrected chi connectivity index (χ2v) is 7.32. The molecule has 0 bridgehead atoms. The van der Waals surface area contributed by atoms with Gasteiger partial charge in [-0.3, -0.25) is 4.98 Å². The highest BCUT2D eigenvalue weighted by molar-refractivity contribution is 14.1. The van der Waals surface area contributed by atoms with Gasteiger partial charge in [0.25, 0.3) is 0 Å². The van der Waals surface area contributed by atoms with Crippen molar-refractivity contribution >= 4 is 28.4 Å². The predicted octanol–water partition coefficient (Wildman–Crippen LogP) is 4.10. The summed E-state index contributed by atoms with van der Waals surface area (Å²) in [5.74, 6) is 1.54. The molecule has 0 saturated carbocycles. The van der Waals surface area contributed by atoms with E-state index in [-0.39, 0.29) is 5.41 Å². The van der Waals surface area contributed by atoms with Gasteiger partial charge in [0, 0.05) is 18.7 Å². The zero-order chi connectivity index (χ0) is 15.8. The third-order valence-corrected chi connectivity index (χ3v) is 4.25. The molecule has 0 radical (unpaired) electrons. The average Bonchev–Trinajstić information content (AvgIpc) is 2.38. The number of anilines is 1. The summed E-state index contributed by atoms with van der Waals surface area (Å²) < 4.78 is 1.07. The maximum absolute atomic E-state index is 4.79. The number of hydrogen-bond donors (Lipinski definition) is 1. The van der Waals surface area contributed by atoms with Gasteiger partial charge in [-0.2, -0.15) is 0 Å². The van der Waals surface area contributed by atoms with Crippen LogP contribution in [-0.4, -0.2) is 22.0 Å². The lowest BCUT2D eigenvalue weighted by molar-refractivity contribution is 0.564. The minimum absolute atomic E-state index is 0.0432. The third kappa shape index (κ3) is 3.33. The number of hydrogen-bond acceptors (Lipinski definition) is 4. The van der Waals surface area contributed by atoms with Crippen LogP contribution in [0.3, 0.4) is 0 Å². The lowest BCUT2D eigenvalue weighted by Crippen LogP contribution is -2.18. The maximum atomic E-state index is 4.79. The molecule has 0 amide bonds. The van der Waals surface area contributed by atoms with Gasteiger partial charge in [-0.1, -0.05) is 26.8 Å². The van der Waals surface area contributed by atoms with Crippen molar-refractivity contribution in [1.82, 2.24) is 15.0 Å². The molecular formula is C16H21IN4. The van der Waals surface area contributed by atoms with Gasteiger partial charge in [-0.25, -0.2) is 9.97 Å². The molecule has 1 N–H and O–H groups in total.